The van der Waals surface area contributed by atoms with E-state index in [1.807, 2.05) is 73.8 Å². The SMILES string of the molecule is CCOC(=O)/C=C(\Nc1ccc2c(c1)OCC(=O)N2CCCN(C)c1ccccn1)c1ccccc1. The summed E-state index contributed by atoms with van der Waals surface area (Å²) >= 11 is 0. The van der Waals surface area contributed by atoms with Crippen molar-refractivity contribution in [3.05, 3.63) is 84.6 Å². The standard InChI is InChI=1S/C28H30N4O4/c1-3-35-28(34)19-23(21-10-5-4-6-11-21)30-22-13-14-24-25(18-22)36-20-27(33)32(24)17-9-16-31(2)26-12-7-8-15-29-26/h4-8,10-15,18-19,30H,3,9,16-17,20H2,1-2H3/b23-19-. The molecule has 0 radical (unpaired) electrons. The first-order valence-electron chi connectivity index (χ1n) is 12.0. The van der Waals surface area contributed by atoms with Gasteiger partial charge in [0.25, 0.3) is 5.91 Å². The Balaban J connectivity index is 1.48. The number of nitrogens with zero attached hydrogens (tertiary/aromatic N) is 3. The van der Waals surface area contributed by atoms with E-state index in [2.05, 4.69) is 15.2 Å². The molecule has 186 valence electrons. The van der Waals surface area contributed by atoms with Crippen molar-refractivity contribution in [2.75, 3.05) is 48.5 Å². The van der Waals surface area contributed by atoms with Gasteiger partial charge in [0, 0.05) is 44.2 Å². The number of rotatable bonds is 10. The topological polar surface area (TPSA) is 84.0 Å². The van der Waals surface area contributed by atoms with Gasteiger partial charge in [-0.05, 0) is 43.2 Å². The maximum atomic E-state index is 12.6. The Morgan fingerprint density at radius 2 is 1.97 bits per heavy atom. The molecular formula is C28H30N4O4. The number of carbonyl (C=O) groups excluding carboxylic acids is 2. The van der Waals surface area contributed by atoms with Crippen LogP contribution in [0.1, 0.15) is 18.9 Å². The summed E-state index contributed by atoms with van der Waals surface area (Å²) in [6.07, 6.45) is 3.98. The van der Waals surface area contributed by atoms with E-state index in [-0.39, 0.29) is 12.5 Å². The molecule has 8 heteroatoms. The average molecular weight is 487 g/mol. The molecule has 1 amide bonds. The molecule has 0 saturated heterocycles. The van der Waals surface area contributed by atoms with Gasteiger partial charge in [-0.1, -0.05) is 36.4 Å². The van der Waals surface area contributed by atoms with E-state index in [0.717, 1.165) is 35.7 Å². The van der Waals surface area contributed by atoms with Crippen LogP contribution in [0.4, 0.5) is 17.2 Å². The van der Waals surface area contributed by atoms with Gasteiger partial charge in [0.05, 0.1) is 18.0 Å². The van der Waals surface area contributed by atoms with E-state index < -0.39 is 5.97 Å². The van der Waals surface area contributed by atoms with Gasteiger partial charge in [0.2, 0.25) is 0 Å². The largest absolute Gasteiger partial charge is 0.481 e. The maximum absolute atomic E-state index is 12.6. The molecular weight excluding hydrogens is 456 g/mol. The van der Waals surface area contributed by atoms with E-state index in [1.165, 1.54) is 6.08 Å². The van der Waals surface area contributed by atoms with Gasteiger partial charge >= 0.3 is 5.97 Å². The highest BCUT2D eigenvalue weighted by Gasteiger charge is 2.25. The lowest BCUT2D eigenvalue weighted by molar-refractivity contribution is -0.137. The number of anilines is 3. The molecule has 0 spiro atoms. The fourth-order valence-corrected chi connectivity index (χ4v) is 3.95. The fraction of sp³-hybridized carbons (Fsp3) is 0.250. The predicted molar refractivity (Wildman–Crippen MR) is 141 cm³/mol. The second-order valence-electron chi connectivity index (χ2n) is 8.28. The number of pyridine rings is 1. The summed E-state index contributed by atoms with van der Waals surface area (Å²) in [4.78, 5) is 33.0. The fourth-order valence-electron chi connectivity index (χ4n) is 3.95. The van der Waals surface area contributed by atoms with E-state index >= 15 is 0 Å². The predicted octanol–water partition coefficient (Wildman–Crippen LogP) is 4.35. The molecule has 4 rings (SSSR count). The number of hydrogen-bond acceptors (Lipinski definition) is 7. The minimum atomic E-state index is -0.425. The van der Waals surface area contributed by atoms with Crippen LogP contribution in [0.3, 0.4) is 0 Å². The van der Waals surface area contributed by atoms with Crippen molar-refractivity contribution < 1.29 is 19.1 Å². The van der Waals surface area contributed by atoms with Crippen molar-refractivity contribution >= 4 is 34.8 Å². The van der Waals surface area contributed by atoms with Gasteiger partial charge in [0.1, 0.15) is 11.6 Å². The lowest BCUT2D eigenvalue weighted by Crippen LogP contribution is -2.40. The molecule has 1 aliphatic rings. The molecule has 0 bridgehead atoms. The molecule has 1 aliphatic heterocycles. The Morgan fingerprint density at radius 1 is 1.17 bits per heavy atom. The van der Waals surface area contributed by atoms with Gasteiger partial charge < -0.3 is 24.6 Å². The highest BCUT2D eigenvalue weighted by atomic mass is 16.5. The molecule has 0 unspecified atom stereocenters. The van der Waals surface area contributed by atoms with Crippen LogP contribution in [-0.4, -0.2) is 50.2 Å². The van der Waals surface area contributed by atoms with Crippen LogP contribution in [0.2, 0.25) is 0 Å². The summed E-state index contributed by atoms with van der Waals surface area (Å²) in [5.74, 6) is 1.01. The molecule has 1 N–H and O–H groups in total. The van der Waals surface area contributed by atoms with Crippen LogP contribution in [0, 0.1) is 0 Å². The number of hydrogen-bond donors (Lipinski definition) is 1. The Hall–Kier alpha value is -4.33. The highest BCUT2D eigenvalue weighted by Crippen LogP contribution is 2.35. The third-order valence-corrected chi connectivity index (χ3v) is 5.73. The normalized spacial score (nSPS) is 13.0. The lowest BCUT2D eigenvalue weighted by atomic mass is 10.1. The van der Waals surface area contributed by atoms with Crippen molar-refractivity contribution in [2.45, 2.75) is 13.3 Å². The first-order valence-corrected chi connectivity index (χ1v) is 12.0. The van der Waals surface area contributed by atoms with Gasteiger partial charge in [0.15, 0.2) is 6.61 Å². The number of ether oxygens (including phenoxy) is 2. The van der Waals surface area contributed by atoms with Crippen LogP contribution in [0.15, 0.2) is 79.0 Å². The zero-order chi connectivity index (χ0) is 25.3. The van der Waals surface area contributed by atoms with Crippen LogP contribution < -0.4 is 19.9 Å². The minimum absolute atomic E-state index is 0.0171. The highest BCUT2D eigenvalue weighted by molar-refractivity contribution is 5.99. The van der Waals surface area contributed by atoms with Gasteiger partial charge in [-0.3, -0.25) is 4.79 Å². The Bertz CT molecular complexity index is 1210. The van der Waals surface area contributed by atoms with E-state index in [9.17, 15) is 9.59 Å². The Kier molecular flexibility index (Phi) is 8.18. The third-order valence-electron chi connectivity index (χ3n) is 5.73. The number of nitrogens with one attached hydrogen (secondary N) is 1. The molecule has 3 aromatic rings. The van der Waals surface area contributed by atoms with E-state index in [4.69, 9.17) is 9.47 Å². The Morgan fingerprint density at radius 3 is 2.72 bits per heavy atom. The first-order chi connectivity index (χ1) is 17.5. The summed E-state index contributed by atoms with van der Waals surface area (Å²) in [6, 6.07) is 20.9. The van der Waals surface area contributed by atoms with Crippen molar-refractivity contribution in [2.24, 2.45) is 0 Å². The van der Waals surface area contributed by atoms with Crippen LogP contribution in [-0.2, 0) is 14.3 Å². The monoisotopic (exact) mass is 486 g/mol. The molecule has 2 heterocycles. The third kappa shape index (κ3) is 6.21. The summed E-state index contributed by atoms with van der Waals surface area (Å²) in [7, 11) is 1.99. The number of aromatic nitrogens is 1. The van der Waals surface area contributed by atoms with Crippen LogP contribution in [0.25, 0.3) is 5.70 Å². The van der Waals surface area contributed by atoms with E-state index in [0.29, 0.717) is 24.6 Å². The van der Waals surface area contributed by atoms with Crippen molar-refractivity contribution in [1.82, 2.24) is 4.98 Å². The number of carbonyl (C=O) groups is 2. The van der Waals surface area contributed by atoms with Crippen LogP contribution in [0.5, 0.6) is 5.75 Å². The molecule has 8 nitrogen and oxygen atoms in total. The lowest BCUT2D eigenvalue weighted by Gasteiger charge is -2.30. The van der Waals surface area contributed by atoms with Crippen molar-refractivity contribution in [1.29, 1.82) is 0 Å². The summed E-state index contributed by atoms with van der Waals surface area (Å²) in [5, 5.41) is 3.30. The van der Waals surface area contributed by atoms with Crippen molar-refractivity contribution in [3.8, 4) is 5.75 Å². The molecule has 0 aliphatic carbocycles. The molecule has 0 atom stereocenters. The molecule has 0 saturated carbocycles. The quantitative estimate of drug-likeness (QED) is 0.337. The first kappa shape index (κ1) is 24.8. The minimum Gasteiger partial charge on any atom is -0.481 e. The molecule has 2 aromatic carbocycles. The molecule has 1 aromatic heterocycles. The Labute approximate surface area is 211 Å². The number of fused-ring (bicyclic) bond motifs is 1. The van der Waals surface area contributed by atoms with Gasteiger partial charge in [-0.15, -0.1) is 0 Å². The van der Waals surface area contributed by atoms with Gasteiger partial charge in [-0.2, -0.15) is 0 Å². The second kappa shape index (κ2) is 11.9. The average Bonchev–Trinajstić information content (AvgIpc) is 2.90. The summed E-state index contributed by atoms with van der Waals surface area (Å²) in [6.45, 7) is 3.38. The second-order valence-corrected chi connectivity index (χ2v) is 8.28. The summed E-state index contributed by atoms with van der Waals surface area (Å²) in [5.41, 5.74) is 2.92. The van der Waals surface area contributed by atoms with E-state index in [1.54, 1.807) is 18.0 Å². The number of benzene rings is 2. The zero-order valence-corrected chi connectivity index (χ0v) is 20.5. The van der Waals surface area contributed by atoms with Crippen LogP contribution >= 0.6 is 0 Å². The molecule has 36 heavy (non-hydrogen) atoms. The van der Waals surface area contributed by atoms with Crippen molar-refractivity contribution in [3.63, 3.8) is 0 Å². The van der Waals surface area contributed by atoms with Gasteiger partial charge in [-0.25, -0.2) is 9.78 Å². The maximum Gasteiger partial charge on any atom is 0.332 e. The number of esters is 1. The zero-order valence-electron chi connectivity index (χ0n) is 20.5. The summed E-state index contributed by atoms with van der Waals surface area (Å²) < 4.78 is 10.8. The number of amides is 1. The molecule has 0 fully saturated rings. The smallest absolute Gasteiger partial charge is 0.332 e.